The maximum Gasteiger partial charge on any atom is 0.500 e. The van der Waals surface area contributed by atoms with E-state index in [9.17, 15) is 0 Å². The molecule has 0 amide bonds. The fraction of sp³-hybridized carbons (Fsp3) is 1.00. The van der Waals surface area contributed by atoms with E-state index in [1.807, 2.05) is 0 Å². The first kappa shape index (κ1) is 40.5. The highest BCUT2D eigenvalue weighted by Gasteiger charge is 2.37. The van der Waals surface area contributed by atoms with Crippen molar-refractivity contribution in [2.24, 2.45) is 0 Å². The molecule has 0 aromatic carbocycles. The monoisotopic (exact) mass is 644 g/mol. The van der Waals surface area contributed by atoms with Crippen molar-refractivity contribution in [1.82, 2.24) is 10.6 Å². The third kappa shape index (κ3) is 17.6. The molecule has 0 bridgehead atoms. The summed E-state index contributed by atoms with van der Waals surface area (Å²) in [6.07, 6.45) is 9.65. The highest BCUT2D eigenvalue weighted by atomic mass is 28.4. The van der Waals surface area contributed by atoms with Gasteiger partial charge in [-0.25, -0.2) is 0 Å². The molecule has 0 fully saturated rings. The molecule has 242 valence electrons. The van der Waals surface area contributed by atoms with Crippen LogP contribution in [0.1, 0.15) is 65.2 Å². The number of rotatable bonds is 30. The predicted molar refractivity (Wildman–Crippen MR) is 173 cm³/mol. The fourth-order valence-electron chi connectivity index (χ4n) is 5.03. The summed E-state index contributed by atoms with van der Waals surface area (Å²) in [6.45, 7) is 9.67. The smallest absolute Gasteiger partial charge is 0.395 e. The molecule has 0 saturated carbocycles. The second-order valence-electron chi connectivity index (χ2n) is 10.3. The number of unbranched alkanes of at least 4 members (excludes halogenated alkanes) is 5. The number of hydrogen-bond acceptors (Lipinski definition) is 10. The molecule has 0 heterocycles. The molecule has 0 radical (unpaired) electrons. The molecule has 0 aliphatic rings. The van der Waals surface area contributed by atoms with Gasteiger partial charge in [-0.05, 0) is 52.4 Å². The Morgan fingerprint density at radius 2 is 0.950 bits per heavy atom. The van der Waals surface area contributed by atoms with E-state index in [2.05, 4.69) is 31.0 Å². The third-order valence-corrected chi connectivity index (χ3v) is 18.3. The first-order valence-corrected chi connectivity index (χ1v) is 23.5. The van der Waals surface area contributed by atoms with Crippen molar-refractivity contribution in [3.8, 4) is 0 Å². The lowest BCUT2D eigenvalue weighted by molar-refractivity contribution is 0.122. The van der Waals surface area contributed by atoms with Crippen molar-refractivity contribution in [1.29, 1.82) is 0 Å². The zero-order valence-electron chi connectivity index (χ0n) is 27.4. The van der Waals surface area contributed by atoms with Crippen molar-refractivity contribution >= 4 is 35.7 Å². The van der Waals surface area contributed by atoms with Gasteiger partial charge in [0.25, 0.3) is 0 Å². The van der Waals surface area contributed by atoms with E-state index in [0.717, 1.165) is 57.3 Å². The number of nitrogens with one attached hydrogen (secondary N) is 2. The van der Waals surface area contributed by atoms with Crippen LogP contribution in [0.5, 0.6) is 0 Å². The molecule has 0 aromatic heterocycles. The molecule has 14 heteroatoms. The Hall–Kier alpha value is 0.468. The molecule has 40 heavy (non-hydrogen) atoms. The molecule has 10 nitrogen and oxygen atoms in total. The summed E-state index contributed by atoms with van der Waals surface area (Å²) in [5.41, 5.74) is 0. The molecule has 2 N–H and O–H groups in total. The lowest BCUT2D eigenvalue weighted by atomic mass is 10.1. The zero-order valence-corrected chi connectivity index (χ0v) is 31.8. The summed E-state index contributed by atoms with van der Waals surface area (Å²) in [6, 6.07) is 4.05. The zero-order chi connectivity index (χ0) is 30.2. The molecular formula is C26H64N2O8Si4. The van der Waals surface area contributed by atoms with Crippen LogP contribution in [0.2, 0.25) is 30.7 Å². The van der Waals surface area contributed by atoms with Gasteiger partial charge in [-0.3, -0.25) is 0 Å². The Morgan fingerprint density at radius 3 is 1.35 bits per heavy atom. The highest BCUT2D eigenvalue weighted by Crippen LogP contribution is 2.19. The summed E-state index contributed by atoms with van der Waals surface area (Å²) in [7, 11) is 2.73. The van der Waals surface area contributed by atoms with Gasteiger partial charge in [0, 0.05) is 73.7 Å². The summed E-state index contributed by atoms with van der Waals surface area (Å²) < 4.78 is 45.3. The Balaban J connectivity index is 4.45. The Labute approximate surface area is 252 Å². The minimum Gasteiger partial charge on any atom is -0.395 e. The van der Waals surface area contributed by atoms with Crippen LogP contribution >= 0.6 is 0 Å². The Bertz CT molecular complexity index is 528. The molecule has 0 aliphatic carbocycles. The van der Waals surface area contributed by atoms with Crippen LogP contribution < -0.4 is 10.6 Å². The van der Waals surface area contributed by atoms with Gasteiger partial charge in [-0.15, -0.1) is 0 Å². The van der Waals surface area contributed by atoms with E-state index in [1.165, 1.54) is 44.6 Å². The van der Waals surface area contributed by atoms with Crippen LogP contribution in [0.3, 0.4) is 0 Å². The second-order valence-corrected chi connectivity index (χ2v) is 21.9. The van der Waals surface area contributed by atoms with Gasteiger partial charge < -0.3 is 46.0 Å². The predicted octanol–water partition coefficient (Wildman–Crippen LogP) is 4.06. The summed E-state index contributed by atoms with van der Waals surface area (Å²) >= 11 is 0. The van der Waals surface area contributed by atoms with Crippen LogP contribution in [0.15, 0.2) is 0 Å². The van der Waals surface area contributed by atoms with E-state index in [1.54, 1.807) is 42.7 Å². The van der Waals surface area contributed by atoms with Gasteiger partial charge >= 0.3 is 26.2 Å². The largest absolute Gasteiger partial charge is 0.500 e. The highest BCUT2D eigenvalue weighted by molar-refractivity contribution is 6.66. The lowest BCUT2D eigenvalue weighted by Crippen LogP contribution is -2.49. The first-order valence-electron chi connectivity index (χ1n) is 15.3. The van der Waals surface area contributed by atoms with Crippen LogP contribution in [0.4, 0.5) is 0 Å². The normalized spacial score (nSPS) is 13.3. The molecule has 0 aliphatic heterocycles. The Kier molecular flexibility index (Phi) is 25.2. The Morgan fingerprint density at radius 1 is 0.550 bits per heavy atom. The lowest BCUT2D eigenvalue weighted by Gasteiger charge is -2.26. The van der Waals surface area contributed by atoms with E-state index < -0.39 is 26.2 Å². The van der Waals surface area contributed by atoms with Gasteiger partial charge in [-0.1, -0.05) is 44.6 Å². The topological polar surface area (TPSA) is 97.9 Å². The molecular weight excluding hydrogens is 581 g/mol. The molecule has 0 saturated heterocycles. The summed E-state index contributed by atoms with van der Waals surface area (Å²) in [5, 5.41) is 7.52. The molecule has 0 aromatic rings. The SMILES string of the molecule is CCO[Si](C)(CCCCCCCC[SiH2]C(NCCC[Si](OC)(OC)OC)NCCC[Si](OC)(OC)OC)OCC. The average Bonchev–Trinajstić information content (AvgIpc) is 2.97. The van der Waals surface area contributed by atoms with Gasteiger partial charge in [0.05, 0.1) is 9.52 Å². The molecule has 0 atom stereocenters. The van der Waals surface area contributed by atoms with E-state index in [-0.39, 0.29) is 9.52 Å². The van der Waals surface area contributed by atoms with Crippen LogP contribution in [0.25, 0.3) is 0 Å². The molecule has 0 unspecified atom stereocenters. The van der Waals surface area contributed by atoms with Crippen molar-refractivity contribution in [2.45, 2.75) is 102 Å². The average molecular weight is 645 g/mol. The summed E-state index contributed by atoms with van der Waals surface area (Å²) in [4.78, 5) is 0. The molecule has 0 rings (SSSR count). The van der Waals surface area contributed by atoms with Crippen LogP contribution in [-0.4, -0.2) is 110 Å². The quantitative estimate of drug-likeness (QED) is 0.0677. The third-order valence-electron chi connectivity index (χ3n) is 7.49. The van der Waals surface area contributed by atoms with Crippen molar-refractivity contribution in [3.63, 3.8) is 0 Å². The minimum atomic E-state index is -2.52. The van der Waals surface area contributed by atoms with Gasteiger partial charge in [0.15, 0.2) is 0 Å². The van der Waals surface area contributed by atoms with Gasteiger partial charge in [0.1, 0.15) is 0 Å². The maximum absolute atomic E-state index is 5.97. The maximum atomic E-state index is 5.97. The van der Waals surface area contributed by atoms with Crippen LogP contribution in [0, 0.1) is 0 Å². The summed E-state index contributed by atoms with van der Waals surface area (Å²) in [5.74, 6) is 0.396. The van der Waals surface area contributed by atoms with E-state index in [0.29, 0.717) is 5.79 Å². The molecule has 0 spiro atoms. The second kappa shape index (κ2) is 24.9. The van der Waals surface area contributed by atoms with Crippen molar-refractivity contribution in [3.05, 3.63) is 0 Å². The van der Waals surface area contributed by atoms with E-state index >= 15 is 0 Å². The van der Waals surface area contributed by atoms with Crippen molar-refractivity contribution < 1.29 is 35.4 Å². The van der Waals surface area contributed by atoms with Crippen LogP contribution in [-0.2, 0) is 35.4 Å². The minimum absolute atomic E-state index is 0.319. The van der Waals surface area contributed by atoms with E-state index in [4.69, 9.17) is 35.4 Å². The fourth-order valence-corrected chi connectivity index (χ4v) is 12.8. The van der Waals surface area contributed by atoms with Gasteiger partial charge in [-0.2, -0.15) is 0 Å². The number of hydrogen-bond donors (Lipinski definition) is 2. The first-order chi connectivity index (χ1) is 19.3. The van der Waals surface area contributed by atoms with Crippen molar-refractivity contribution in [2.75, 3.05) is 69.0 Å². The standard InChI is InChI=1S/C26H64N2O8Si4/c1-10-35-38(9,36-11-2)23-17-15-13-12-14-16-22-37-26(27-20-18-24-39(29-3,30-4)31-5)28-21-19-25-40(32-6,33-7)34-8/h26-28H,10-25,37H2,1-9H3. The van der Waals surface area contributed by atoms with Gasteiger partial charge in [0.2, 0.25) is 0 Å².